The SMILES string of the molecule is C[C@@H](C(=O)Nc1ccc(C#N)cc1)[NH+](C)CC(=O)N(C)C. The van der Waals surface area contributed by atoms with E-state index in [1.54, 1.807) is 45.3 Å². The third-order valence-electron chi connectivity index (χ3n) is 3.34. The molecule has 0 radical (unpaired) electrons. The quantitative estimate of drug-likeness (QED) is 0.766. The Morgan fingerprint density at radius 2 is 1.90 bits per heavy atom. The number of quaternary nitrogens is 1. The second-order valence-electron chi connectivity index (χ2n) is 5.21. The highest BCUT2D eigenvalue weighted by molar-refractivity contribution is 5.93. The maximum atomic E-state index is 12.1. The van der Waals surface area contributed by atoms with Gasteiger partial charge in [0, 0.05) is 19.8 Å². The summed E-state index contributed by atoms with van der Waals surface area (Å²) >= 11 is 0. The minimum Gasteiger partial charge on any atom is -0.344 e. The summed E-state index contributed by atoms with van der Waals surface area (Å²) in [5.41, 5.74) is 1.18. The van der Waals surface area contributed by atoms with Crippen LogP contribution in [0.5, 0.6) is 0 Å². The number of amides is 2. The first-order valence-electron chi connectivity index (χ1n) is 6.68. The molecule has 21 heavy (non-hydrogen) atoms. The number of nitrogens with zero attached hydrogens (tertiary/aromatic N) is 2. The first kappa shape index (κ1) is 16.7. The van der Waals surface area contributed by atoms with Gasteiger partial charge in [-0.05, 0) is 31.2 Å². The number of carbonyl (C=O) groups excluding carboxylic acids is 2. The van der Waals surface area contributed by atoms with Crippen LogP contribution in [0.4, 0.5) is 5.69 Å². The van der Waals surface area contributed by atoms with Gasteiger partial charge in [-0.25, -0.2) is 0 Å². The first-order valence-corrected chi connectivity index (χ1v) is 6.68. The molecule has 0 fully saturated rings. The lowest BCUT2D eigenvalue weighted by Crippen LogP contribution is -3.15. The van der Waals surface area contributed by atoms with Crippen molar-refractivity contribution in [1.29, 1.82) is 5.26 Å². The molecule has 2 atom stereocenters. The number of carbonyl (C=O) groups is 2. The molecule has 0 aliphatic rings. The Kier molecular flexibility index (Phi) is 5.88. The average molecular weight is 289 g/mol. The molecule has 1 aromatic rings. The zero-order chi connectivity index (χ0) is 16.0. The number of benzene rings is 1. The van der Waals surface area contributed by atoms with Crippen molar-refractivity contribution in [3.63, 3.8) is 0 Å². The van der Waals surface area contributed by atoms with Crippen LogP contribution in [0.3, 0.4) is 0 Å². The fourth-order valence-electron chi connectivity index (χ4n) is 1.65. The summed E-state index contributed by atoms with van der Waals surface area (Å²) in [7, 11) is 5.19. The second kappa shape index (κ2) is 7.41. The van der Waals surface area contributed by atoms with Crippen molar-refractivity contribution in [1.82, 2.24) is 4.90 Å². The van der Waals surface area contributed by atoms with Crippen LogP contribution in [0.25, 0.3) is 0 Å². The summed E-state index contributed by atoms with van der Waals surface area (Å²) in [5.74, 6) is -0.186. The van der Waals surface area contributed by atoms with Crippen LogP contribution in [0.15, 0.2) is 24.3 Å². The lowest BCUT2D eigenvalue weighted by Gasteiger charge is -2.22. The van der Waals surface area contributed by atoms with Gasteiger partial charge in [0.1, 0.15) is 0 Å². The van der Waals surface area contributed by atoms with Gasteiger partial charge in [0.2, 0.25) is 0 Å². The van der Waals surface area contributed by atoms with Gasteiger partial charge >= 0.3 is 0 Å². The fraction of sp³-hybridized carbons (Fsp3) is 0.400. The first-order chi connectivity index (χ1) is 9.85. The van der Waals surface area contributed by atoms with E-state index in [-0.39, 0.29) is 24.4 Å². The molecule has 2 N–H and O–H groups in total. The van der Waals surface area contributed by atoms with Crippen molar-refractivity contribution in [2.24, 2.45) is 0 Å². The highest BCUT2D eigenvalue weighted by atomic mass is 16.2. The summed E-state index contributed by atoms with van der Waals surface area (Å²) in [6.45, 7) is 2.03. The van der Waals surface area contributed by atoms with Gasteiger partial charge in [0.25, 0.3) is 11.8 Å². The number of likely N-dealkylation sites (N-methyl/N-ethyl adjacent to an activating group) is 2. The Bertz CT molecular complexity index is 546. The van der Waals surface area contributed by atoms with Crippen LogP contribution in [-0.4, -0.2) is 50.4 Å². The molecule has 6 heteroatoms. The monoisotopic (exact) mass is 289 g/mol. The van der Waals surface area contributed by atoms with Crippen LogP contribution in [0.1, 0.15) is 12.5 Å². The van der Waals surface area contributed by atoms with E-state index in [9.17, 15) is 9.59 Å². The van der Waals surface area contributed by atoms with Gasteiger partial charge in [-0.2, -0.15) is 5.26 Å². The van der Waals surface area contributed by atoms with Crippen LogP contribution >= 0.6 is 0 Å². The zero-order valence-electron chi connectivity index (χ0n) is 12.8. The van der Waals surface area contributed by atoms with E-state index in [0.717, 1.165) is 4.90 Å². The minimum absolute atomic E-state index is 0.0227. The normalized spacial score (nSPS) is 12.9. The average Bonchev–Trinajstić information content (AvgIpc) is 2.46. The van der Waals surface area contributed by atoms with E-state index in [2.05, 4.69) is 5.32 Å². The van der Waals surface area contributed by atoms with Crippen molar-refractivity contribution in [3.8, 4) is 6.07 Å². The van der Waals surface area contributed by atoms with Crippen molar-refractivity contribution < 1.29 is 14.5 Å². The summed E-state index contributed by atoms with van der Waals surface area (Å²) in [6.07, 6.45) is 0. The molecular weight excluding hydrogens is 268 g/mol. The number of rotatable bonds is 5. The van der Waals surface area contributed by atoms with E-state index < -0.39 is 0 Å². The molecule has 0 aromatic heterocycles. The number of nitriles is 1. The third-order valence-corrected chi connectivity index (χ3v) is 3.34. The molecule has 1 rings (SSSR count). The molecule has 1 aromatic carbocycles. The van der Waals surface area contributed by atoms with Crippen molar-refractivity contribution in [2.45, 2.75) is 13.0 Å². The van der Waals surface area contributed by atoms with Crippen LogP contribution in [0.2, 0.25) is 0 Å². The summed E-state index contributed by atoms with van der Waals surface area (Å²) < 4.78 is 0. The smallest absolute Gasteiger partial charge is 0.282 e. The Hall–Kier alpha value is -2.39. The number of anilines is 1. The molecule has 0 bridgehead atoms. The largest absolute Gasteiger partial charge is 0.344 e. The fourth-order valence-corrected chi connectivity index (χ4v) is 1.65. The molecule has 0 saturated carbocycles. The molecule has 1 unspecified atom stereocenters. The molecule has 0 aliphatic carbocycles. The van der Waals surface area contributed by atoms with Gasteiger partial charge in [-0.15, -0.1) is 0 Å². The molecule has 0 aliphatic heterocycles. The number of hydrogen-bond acceptors (Lipinski definition) is 3. The van der Waals surface area contributed by atoms with Crippen molar-refractivity contribution >= 4 is 17.5 Å². The molecule has 6 nitrogen and oxygen atoms in total. The Labute approximate surface area is 125 Å². The Morgan fingerprint density at radius 1 is 1.33 bits per heavy atom. The highest BCUT2D eigenvalue weighted by Crippen LogP contribution is 2.08. The maximum Gasteiger partial charge on any atom is 0.282 e. The Morgan fingerprint density at radius 3 is 2.38 bits per heavy atom. The highest BCUT2D eigenvalue weighted by Gasteiger charge is 2.24. The summed E-state index contributed by atoms with van der Waals surface area (Å²) in [4.78, 5) is 26.1. The van der Waals surface area contributed by atoms with Gasteiger partial charge in [-0.1, -0.05) is 0 Å². The predicted molar refractivity (Wildman–Crippen MR) is 79.7 cm³/mol. The molecular formula is C15H21N4O2+. The number of nitrogens with one attached hydrogen (secondary N) is 2. The predicted octanol–water partition coefficient (Wildman–Crippen LogP) is -0.512. The van der Waals surface area contributed by atoms with Gasteiger partial charge in [-0.3, -0.25) is 9.59 Å². The van der Waals surface area contributed by atoms with Gasteiger partial charge in [0.15, 0.2) is 12.6 Å². The van der Waals surface area contributed by atoms with Crippen LogP contribution in [0, 0.1) is 11.3 Å². The number of hydrogen-bond donors (Lipinski definition) is 2. The topological polar surface area (TPSA) is 77.6 Å². The van der Waals surface area contributed by atoms with Crippen LogP contribution < -0.4 is 10.2 Å². The van der Waals surface area contributed by atoms with E-state index >= 15 is 0 Å². The zero-order valence-corrected chi connectivity index (χ0v) is 12.8. The van der Waals surface area contributed by atoms with Crippen LogP contribution in [-0.2, 0) is 9.59 Å². The lowest BCUT2D eigenvalue weighted by atomic mass is 10.2. The van der Waals surface area contributed by atoms with Crippen molar-refractivity contribution in [2.75, 3.05) is 33.0 Å². The maximum absolute atomic E-state index is 12.1. The van der Waals surface area contributed by atoms with Crippen molar-refractivity contribution in [3.05, 3.63) is 29.8 Å². The third kappa shape index (κ3) is 4.89. The molecule has 112 valence electrons. The summed E-state index contributed by atoms with van der Waals surface area (Å²) in [6, 6.07) is 8.32. The lowest BCUT2D eigenvalue weighted by molar-refractivity contribution is -0.886. The standard InChI is InChI=1S/C15H20N4O2/c1-11(19(4)10-14(20)18(2)3)15(21)17-13-7-5-12(9-16)6-8-13/h5-8,11H,10H2,1-4H3,(H,17,21)/p+1/t11-/m0/s1. The van der Waals surface area contributed by atoms with E-state index in [1.807, 2.05) is 13.1 Å². The Balaban J connectivity index is 2.61. The van der Waals surface area contributed by atoms with E-state index in [4.69, 9.17) is 5.26 Å². The molecule has 0 saturated heterocycles. The summed E-state index contributed by atoms with van der Waals surface area (Å²) in [5, 5.41) is 11.5. The minimum atomic E-state index is -0.357. The van der Waals surface area contributed by atoms with Gasteiger partial charge in [0.05, 0.1) is 18.7 Å². The van der Waals surface area contributed by atoms with Gasteiger partial charge < -0.3 is 15.1 Å². The second-order valence-corrected chi connectivity index (χ2v) is 5.21. The molecule has 2 amide bonds. The van der Waals surface area contributed by atoms with E-state index in [1.165, 1.54) is 4.90 Å². The van der Waals surface area contributed by atoms with E-state index in [0.29, 0.717) is 11.3 Å². The molecule has 0 spiro atoms. The molecule has 0 heterocycles.